The molecule has 4 heteroatoms. The van der Waals surface area contributed by atoms with Gasteiger partial charge in [0.15, 0.2) is 0 Å². The first-order chi connectivity index (χ1) is 12.8. The van der Waals surface area contributed by atoms with Crippen molar-refractivity contribution in [1.29, 1.82) is 0 Å². The third-order valence-corrected chi connectivity index (χ3v) is 4.67. The summed E-state index contributed by atoms with van der Waals surface area (Å²) in [5.41, 5.74) is 4.52. The molecule has 0 unspecified atom stereocenters. The molecule has 0 aliphatic heterocycles. The van der Waals surface area contributed by atoms with E-state index >= 15 is 0 Å². The summed E-state index contributed by atoms with van der Waals surface area (Å²) in [7, 11) is 0. The normalized spacial score (nSPS) is 11.0. The van der Waals surface area contributed by atoms with Crippen molar-refractivity contribution in [3.63, 3.8) is 0 Å². The second-order valence-electron chi connectivity index (χ2n) is 6.31. The molecular weight excluding hydrogens is 342 g/mol. The van der Waals surface area contributed by atoms with Crippen LogP contribution in [-0.2, 0) is 19.4 Å². The first kappa shape index (κ1) is 16.7. The molecule has 3 nitrogen and oxygen atoms in total. The monoisotopic (exact) mass is 361 g/mol. The van der Waals surface area contributed by atoms with Crippen LogP contribution < -0.4 is 5.32 Å². The summed E-state index contributed by atoms with van der Waals surface area (Å²) in [4.78, 5) is 4.82. The van der Waals surface area contributed by atoms with Crippen LogP contribution in [-0.4, -0.2) is 9.38 Å². The van der Waals surface area contributed by atoms with Gasteiger partial charge in [-0.1, -0.05) is 72.3 Å². The lowest BCUT2D eigenvalue weighted by Crippen LogP contribution is -2.05. The Bertz CT molecular complexity index is 994. The van der Waals surface area contributed by atoms with Crippen LogP contribution in [0.3, 0.4) is 0 Å². The van der Waals surface area contributed by atoms with Gasteiger partial charge < -0.3 is 5.32 Å². The van der Waals surface area contributed by atoms with E-state index in [9.17, 15) is 0 Å². The fourth-order valence-corrected chi connectivity index (χ4v) is 3.28. The van der Waals surface area contributed by atoms with Gasteiger partial charge in [0.25, 0.3) is 0 Å². The largest absolute Gasteiger partial charge is 0.366 e. The molecular formula is C22H20ClN3. The SMILES string of the molecule is Clc1ccc2nc(CCc3ccccc3)c(NCc3ccccc3)n2c1. The van der Waals surface area contributed by atoms with Gasteiger partial charge in [-0.05, 0) is 36.1 Å². The molecule has 0 saturated carbocycles. The van der Waals surface area contributed by atoms with E-state index in [4.69, 9.17) is 16.6 Å². The lowest BCUT2D eigenvalue weighted by Gasteiger charge is -2.09. The molecule has 0 atom stereocenters. The summed E-state index contributed by atoms with van der Waals surface area (Å²) in [5.74, 6) is 1.02. The number of pyridine rings is 1. The molecule has 0 amide bonds. The number of nitrogens with one attached hydrogen (secondary N) is 1. The summed E-state index contributed by atoms with van der Waals surface area (Å²) in [6.07, 6.45) is 3.75. The fraction of sp³-hybridized carbons (Fsp3) is 0.136. The van der Waals surface area contributed by atoms with E-state index < -0.39 is 0 Å². The van der Waals surface area contributed by atoms with Crippen molar-refractivity contribution in [2.75, 3.05) is 5.32 Å². The van der Waals surface area contributed by atoms with Crippen LogP contribution >= 0.6 is 11.6 Å². The van der Waals surface area contributed by atoms with Gasteiger partial charge in [0.1, 0.15) is 11.5 Å². The van der Waals surface area contributed by atoms with Crippen molar-refractivity contribution < 1.29 is 0 Å². The Morgan fingerprint density at radius 3 is 2.23 bits per heavy atom. The Hall–Kier alpha value is -2.78. The molecule has 0 saturated heterocycles. The Kier molecular flexibility index (Phi) is 4.89. The highest BCUT2D eigenvalue weighted by molar-refractivity contribution is 6.30. The number of aryl methyl sites for hydroxylation is 2. The van der Waals surface area contributed by atoms with Crippen LogP contribution in [0.5, 0.6) is 0 Å². The Morgan fingerprint density at radius 2 is 1.50 bits per heavy atom. The highest BCUT2D eigenvalue weighted by Gasteiger charge is 2.12. The van der Waals surface area contributed by atoms with Gasteiger partial charge in [0.05, 0.1) is 10.7 Å². The summed E-state index contributed by atoms with van der Waals surface area (Å²) >= 11 is 6.21. The minimum Gasteiger partial charge on any atom is -0.366 e. The summed E-state index contributed by atoms with van der Waals surface area (Å²) < 4.78 is 2.05. The van der Waals surface area contributed by atoms with E-state index in [1.54, 1.807) is 0 Å². The van der Waals surface area contributed by atoms with Crippen molar-refractivity contribution >= 4 is 23.1 Å². The van der Waals surface area contributed by atoms with E-state index in [0.717, 1.165) is 36.5 Å². The molecule has 26 heavy (non-hydrogen) atoms. The van der Waals surface area contributed by atoms with Gasteiger partial charge in [-0.25, -0.2) is 4.98 Å². The zero-order chi connectivity index (χ0) is 17.8. The maximum Gasteiger partial charge on any atom is 0.138 e. The number of halogens is 1. The highest BCUT2D eigenvalue weighted by atomic mass is 35.5. The molecule has 0 aliphatic carbocycles. The highest BCUT2D eigenvalue weighted by Crippen LogP contribution is 2.23. The lowest BCUT2D eigenvalue weighted by atomic mass is 10.1. The Balaban J connectivity index is 1.62. The van der Waals surface area contributed by atoms with E-state index in [1.807, 2.05) is 34.9 Å². The molecule has 0 spiro atoms. The number of rotatable bonds is 6. The van der Waals surface area contributed by atoms with E-state index in [0.29, 0.717) is 5.02 Å². The molecule has 4 rings (SSSR count). The van der Waals surface area contributed by atoms with E-state index in [2.05, 4.69) is 53.8 Å². The van der Waals surface area contributed by atoms with Crippen molar-refractivity contribution in [1.82, 2.24) is 9.38 Å². The number of benzene rings is 2. The average Bonchev–Trinajstić information content (AvgIpc) is 3.03. The molecule has 0 fully saturated rings. The fourth-order valence-electron chi connectivity index (χ4n) is 3.12. The van der Waals surface area contributed by atoms with E-state index in [1.165, 1.54) is 11.1 Å². The van der Waals surface area contributed by atoms with Gasteiger partial charge in [-0.15, -0.1) is 0 Å². The first-order valence-corrected chi connectivity index (χ1v) is 9.15. The molecule has 130 valence electrons. The van der Waals surface area contributed by atoms with Crippen LogP contribution in [0.4, 0.5) is 5.82 Å². The third kappa shape index (κ3) is 3.73. The van der Waals surface area contributed by atoms with E-state index in [-0.39, 0.29) is 0 Å². The quantitative estimate of drug-likeness (QED) is 0.499. The maximum absolute atomic E-state index is 6.21. The first-order valence-electron chi connectivity index (χ1n) is 8.78. The second kappa shape index (κ2) is 7.63. The molecule has 1 N–H and O–H groups in total. The summed E-state index contributed by atoms with van der Waals surface area (Å²) in [6, 6.07) is 24.7. The minimum absolute atomic E-state index is 0.701. The number of nitrogens with zero attached hydrogens (tertiary/aromatic N) is 2. The zero-order valence-electron chi connectivity index (χ0n) is 14.4. The van der Waals surface area contributed by atoms with Gasteiger partial charge >= 0.3 is 0 Å². The van der Waals surface area contributed by atoms with Gasteiger partial charge in [-0.3, -0.25) is 4.40 Å². The zero-order valence-corrected chi connectivity index (χ0v) is 15.2. The number of fused-ring (bicyclic) bond motifs is 1. The summed E-state index contributed by atoms with van der Waals surface area (Å²) in [6.45, 7) is 0.749. The van der Waals surface area contributed by atoms with Crippen LogP contribution in [0, 0.1) is 0 Å². The number of aromatic nitrogens is 2. The Labute approximate surface area is 158 Å². The lowest BCUT2D eigenvalue weighted by molar-refractivity contribution is 0.923. The molecule has 4 aromatic rings. The molecule has 2 heterocycles. The maximum atomic E-state index is 6.21. The van der Waals surface area contributed by atoms with Crippen molar-refractivity contribution in [2.45, 2.75) is 19.4 Å². The van der Waals surface area contributed by atoms with Crippen LogP contribution in [0.1, 0.15) is 16.8 Å². The topological polar surface area (TPSA) is 29.3 Å². The van der Waals surface area contributed by atoms with Crippen molar-refractivity contribution in [3.8, 4) is 0 Å². The molecule has 0 aliphatic rings. The number of hydrogen-bond acceptors (Lipinski definition) is 2. The van der Waals surface area contributed by atoms with Gasteiger partial charge in [0, 0.05) is 12.7 Å². The van der Waals surface area contributed by atoms with Crippen LogP contribution in [0.15, 0.2) is 79.0 Å². The smallest absolute Gasteiger partial charge is 0.138 e. The average molecular weight is 362 g/mol. The predicted molar refractivity (Wildman–Crippen MR) is 108 cm³/mol. The van der Waals surface area contributed by atoms with Gasteiger partial charge in [-0.2, -0.15) is 0 Å². The number of imidazole rings is 1. The Morgan fingerprint density at radius 1 is 0.808 bits per heavy atom. The van der Waals surface area contributed by atoms with Crippen molar-refractivity contribution in [2.24, 2.45) is 0 Å². The molecule has 2 aromatic heterocycles. The van der Waals surface area contributed by atoms with Crippen LogP contribution in [0.25, 0.3) is 5.65 Å². The third-order valence-electron chi connectivity index (χ3n) is 4.45. The second-order valence-corrected chi connectivity index (χ2v) is 6.74. The standard InChI is InChI=1S/C22H20ClN3/c23-19-12-14-21-25-20(13-11-17-7-3-1-4-8-17)22(26(21)16-19)24-15-18-9-5-2-6-10-18/h1-10,12,14,16,24H,11,13,15H2. The number of hydrogen-bond donors (Lipinski definition) is 1. The van der Waals surface area contributed by atoms with Crippen molar-refractivity contribution in [3.05, 3.63) is 101 Å². The summed E-state index contributed by atoms with van der Waals surface area (Å²) in [5, 5.41) is 4.26. The molecule has 2 aromatic carbocycles. The number of anilines is 1. The molecule has 0 bridgehead atoms. The van der Waals surface area contributed by atoms with Gasteiger partial charge in [0.2, 0.25) is 0 Å². The molecule has 0 radical (unpaired) electrons. The predicted octanol–water partition coefficient (Wildman–Crippen LogP) is 5.39. The minimum atomic E-state index is 0.701. The van der Waals surface area contributed by atoms with Crippen LogP contribution in [0.2, 0.25) is 5.02 Å².